The zero-order valence-corrected chi connectivity index (χ0v) is 29.3. The Balaban J connectivity index is 1.49. The van der Waals surface area contributed by atoms with E-state index in [0.717, 1.165) is 44.1 Å². The Morgan fingerprint density at radius 3 is 1.82 bits per heavy atom. The van der Waals surface area contributed by atoms with Gasteiger partial charge >= 0.3 is 0 Å². The molecule has 6 aromatic carbocycles. The highest BCUT2D eigenvalue weighted by atomic mass is 15.0. The van der Waals surface area contributed by atoms with Gasteiger partial charge in [0.2, 0.25) is 5.69 Å². The van der Waals surface area contributed by atoms with Crippen molar-refractivity contribution in [2.24, 2.45) is 0 Å². The Labute approximate surface area is 293 Å². The molecule has 50 heavy (non-hydrogen) atoms. The third-order valence-corrected chi connectivity index (χ3v) is 10.1. The Kier molecular flexibility index (Phi) is 7.00. The number of hydrogen-bond donors (Lipinski definition) is 0. The van der Waals surface area contributed by atoms with Gasteiger partial charge in [-0.25, -0.2) is 4.85 Å². The van der Waals surface area contributed by atoms with Crippen molar-refractivity contribution in [3.05, 3.63) is 149 Å². The summed E-state index contributed by atoms with van der Waals surface area (Å²) in [7, 11) is 0. The molecule has 0 saturated carbocycles. The number of benzene rings is 6. The first kappa shape index (κ1) is 31.2. The maximum absolute atomic E-state index is 10.2. The summed E-state index contributed by atoms with van der Waals surface area (Å²) in [6.07, 6.45) is 0. The van der Waals surface area contributed by atoms with Crippen LogP contribution in [0.2, 0.25) is 0 Å². The van der Waals surface area contributed by atoms with E-state index < -0.39 is 0 Å². The predicted molar refractivity (Wildman–Crippen MR) is 209 cm³/mol. The van der Waals surface area contributed by atoms with Crippen molar-refractivity contribution in [1.29, 1.82) is 5.26 Å². The quantitative estimate of drug-likeness (QED) is 0.176. The second kappa shape index (κ2) is 11.2. The number of nitrogens with zero attached hydrogens (tertiary/aromatic N) is 4. The molecule has 0 saturated heterocycles. The van der Waals surface area contributed by atoms with Crippen molar-refractivity contribution in [2.75, 3.05) is 0 Å². The van der Waals surface area contributed by atoms with E-state index in [4.69, 9.17) is 6.57 Å². The molecular formula is C46H38N4. The fourth-order valence-electron chi connectivity index (χ4n) is 7.48. The van der Waals surface area contributed by atoms with Crippen molar-refractivity contribution >= 4 is 49.3 Å². The van der Waals surface area contributed by atoms with Gasteiger partial charge in [0.15, 0.2) is 0 Å². The first-order valence-corrected chi connectivity index (χ1v) is 17.1. The van der Waals surface area contributed by atoms with Crippen LogP contribution in [0.5, 0.6) is 0 Å². The Morgan fingerprint density at radius 1 is 0.580 bits per heavy atom. The monoisotopic (exact) mass is 646 g/mol. The van der Waals surface area contributed by atoms with Gasteiger partial charge in [-0.2, -0.15) is 5.26 Å². The third kappa shape index (κ3) is 4.80. The number of fused-ring (bicyclic) bond motifs is 6. The van der Waals surface area contributed by atoms with Crippen LogP contribution in [0.3, 0.4) is 0 Å². The van der Waals surface area contributed by atoms with Gasteiger partial charge in [0.1, 0.15) is 0 Å². The lowest BCUT2D eigenvalue weighted by Crippen LogP contribution is -2.10. The smallest absolute Gasteiger partial charge is 0.211 e. The largest absolute Gasteiger partial charge is 0.318 e. The molecule has 0 fully saturated rings. The molecule has 0 bridgehead atoms. The van der Waals surface area contributed by atoms with Gasteiger partial charge in [0.05, 0.1) is 46.0 Å². The SMILES string of the molecule is [C-]#[N+]c1cccc(C#N)c1-n1c2ccc(C(C)(C)C)cc2c2c(-c3ccc4c(c3)c3cc(C(C)(C)C)ccc3n4-c3ccccc3)cccc21. The first-order chi connectivity index (χ1) is 24.0. The van der Waals surface area contributed by atoms with E-state index in [9.17, 15) is 5.26 Å². The highest BCUT2D eigenvalue weighted by molar-refractivity contribution is 6.18. The molecule has 0 unspecified atom stereocenters. The van der Waals surface area contributed by atoms with Crippen LogP contribution in [0.4, 0.5) is 5.69 Å². The minimum Gasteiger partial charge on any atom is -0.318 e. The van der Waals surface area contributed by atoms with Crippen LogP contribution in [0.25, 0.3) is 71.0 Å². The second-order valence-corrected chi connectivity index (χ2v) is 15.3. The summed E-state index contributed by atoms with van der Waals surface area (Å²) in [4.78, 5) is 3.88. The fourth-order valence-corrected chi connectivity index (χ4v) is 7.48. The molecule has 0 radical (unpaired) electrons. The Hall–Kier alpha value is -6.10. The lowest BCUT2D eigenvalue weighted by Gasteiger charge is -2.19. The Bertz CT molecular complexity index is 2700. The standard InChI is InChI=1S/C46H38N4/c1-45(2,3)31-20-23-40-36(26-31)35-25-29(19-22-39(35)49(40)33-14-9-8-10-15-33)34-16-12-18-42-43(34)37-27-32(46(4,5)6)21-24-41(37)50(42)44-30(28-47)13-11-17-38(44)48-7/h8-27H,1-6H3. The van der Waals surface area contributed by atoms with E-state index in [1.54, 1.807) is 18.2 Å². The number of aromatic nitrogens is 2. The van der Waals surface area contributed by atoms with Crippen LogP contribution in [-0.4, -0.2) is 9.13 Å². The molecule has 2 aromatic heterocycles. The van der Waals surface area contributed by atoms with E-state index in [1.165, 1.54) is 27.4 Å². The van der Waals surface area contributed by atoms with Gasteiger partial charge in [-0.3, -0.25) is 0 Å². The van der Waals surface area contributed by atoms with Gasteiger partial charge < -0.3 is 9.13 Å². The molecule has 8 rings (SSSR count). The highest BCUT2D eigenvalue weighted by Crippen LogP contribution is 2.44. The average molecular weight is 647 g/mol. The highest BCUT2D eigenvalue weighted by Gasteiger charge is 2.24. The summed E-state index contributed by atoms with van der Waals surface area (Å²) in [5.74, 6) is 0. The van der Waals surface area contributed by atoms with Gasteiger partial charge in [-0.15, -0.1) is 0 Å². The summed E-state index contributed by atoms with van der Waals surface area (Å²) in [5, 5.41) is 14.9. The van der Waals surface area contributed by atoms with Crippen LogP contribution >= 0.6 is 0 Å². The maximum atomic E-state index is 10.2. The zero-order chi connectivity index (χ0) is 34.9. The molecule has 4 heteroatoms. The molecule has 0 aliphatic rings. The minimum absolute atomic E-state index is 0.00899. The second-order valence-electron chi connectivity index (χ2n) is 15.3. The molecule has 0 amide bonds. The van der Waals surface area contributed by atoms with E-state index in [1.807, 2.05) is 0 Å². The molecule has 0 N–H and O–H groups in total. The van der Waals surface area contributed by atoms with Crippen LogP contribution in [0.15, 0.2) is 121 Å². The lowest BCUT2D eigenvalue weighted by molar-refractivity contribution is 0.591. The maximum Gasteiger partial charge on any atom is 0.211 e. The number of para-hydroxylation sites is 2. The van der Waals surface area contributed by atoms with E-state index in [0.29, 0.717) is 16.9 Å². The fraction of sp³-hybridized carbons (Fsp3) is 0.174. The summed E-state index contributed by atoms with van der Waals surface area (Å²) >= 11 is 0. The van der Waals surface area contributed by atoms with Gasteiger partial charge in [0.25, 0.3) is 0 Å². The molecule has 0 atom stereocenters. The average Bonchev–Trinajstić information content (AvgIpc) is 3.62. The molecule has 8 aromatic rings. The molecule has 242 valence electrons. The minimum atomic E-state index is -0.0628. The van der Waals surface area contributed by atoms with Gasteiger partial charge in [0, 0.05) is 27.2 Å². The van der Waals surface area contributed by atoms with Crippen LogP contribution in [-0.2, 0) is 10.8 Å². The van der Waals surface area contributed by atoms with Crippen LogP contribution in [0.1, 0.15) is 58.2 Å². The van der Waals surface area contributed by atoms with Crippen molar-refractivity contribution in [3.63, 3.8) is 0 Å². The molecule has 0 spiro atoms. The summed E-state index contributed by atoms with van der Waals surface area (Å²) in [6.45, 7) is 21.5. The van der Waals surface area contributed by atoms with Crippen molar-refractivity contribution in [3.8, 4) is 28.6 Å². The van der Waals surface area contributed by atoms with Crippen molar-refractivity contribution in [2.45, 2.75) is 52.4 Å². The lowest BCUT2D eigenvalue weighted by atomic mass is 9.86. The molecule has 0 aliphatic carbocycles. The van der Waals surface area contributed by atoms with E-state index >= 15 is 0 Å². The van der Waals surface area contributed by atoms with Crippen molar-refractivity contribution in [1.82, 2.24) is 9.13 Å². The molecular weight excluding hydrogens is 609 g/mol. The zero-order valence-electron chi connectivity index (χ0n) is 29.3. The molecule has 0 aliphatic heterocycles. The summed E-state index contributed by atoms with van der Waals surface area (Å²) in [6, 6.07) is 45.2. The van der Waals surface area contributed by atoms with Gasteiger partial charge in [-0.1, -0.05) is 102 Å². The number of hydrogen-bond acceptors (Lipinski definition) is 1. The Morgan fingerprint density at radius 2 is 1.18 bits per heavy atom. The molecule has 2 heterocycles. The summed E-state index contributed by atoms with van der Waals surface area (Å²) in [5.41, 5.74) is 11.7. The van der Waals surface area contributed by atoms with Gasteiger partial charge in [-0.05, 0) is 93.7 Å². The van der Waals surface area contributed by atoms with Crippen LogP contribution in [0, 0.1) is 17.9 Å². The topological polar surface area (TPSA) is 38.0 Å². The van der Waals surface area contributed by atoms with Crippen molar-refractivity contribution < 1.29 is 0 Å². The first-order valence-electron chi connectivity index (χ1n) is 17.1. The number of nitriles is 1. The van der Waals surface area contributed by atoms with E-state index in [2.05, 4.69) is 165 Å². The number of rotatable bonds is 3. The van der Waals surface area contributed by atoms with E-state index in [-0.39, 0.29) is 10.8 Å². The van der Waals surface area contributed by atoms with Crippen LogP contribution < -0.4 is 0 Å². The normalized spacial score (nSPS) is 12.2. The molecule has 4 nitrogen and oxygen atoms in total. The third-order valence-electron chi connectivity index (χ3n) is 10.1. The predicted octanol–water partition coefficient (Wildman–Crippen LogP) is 12.6. The summed E-state index contributed by atoms with van der Waals surface area (Å²) < 4.78 is 4.50.